The van der Waals surface area contributed by atoms with Crippen LogP contribution in [-0.4, -0.2) is 11.0 Å². The third-order valence-corrected chi connectivity index (χ3v) is 2.93. The summed E-state index contributed by atoms with van der Waals surface area (Å²) in [7, 11) is 0. The Labute approximate surface area is 120 Å². The van der Waals surface area contributed by atoms with Crippen LogP contribution in [0.5, 0.6) is 0 Å². The van der Waals surface area contributed by atoms with E-state index in [2.05, 4.69) is 4.98 Å². The van der Waals surface area contributed by atoms with E-state index in [9.17, 15) is 9.18 Å². The summed E-state index contributed by atoms with van der Waals surface area (Å²) in [5.74, 6) is -1.24. The molecule has 0 saturated heterocycles. The zero-order valence-electron chi connectivity index (χ0n) is 11.3. The first-order valence-corrected chi connectivity index (χ1v) is 6.09. The first-order valence-electron chi connectivity index (χ1n) is 6.09. The molecule has 0 fully saturated rings. The van der Waals surface area contributed by atoms with Crippen molar-refractivity contribution in [3.63, 3.8) is 0 Å². The number of pyridine rings is 1. The summed E-state index contributed by atoms with van der Waals surface area (Å²) >= 11 is 0. The molecule has 1 heterocycles. The van der Waals surface area contributed by atoms with E-state index in [1.165, 1.54) is 25.3 Å². The van der Waals surface area contributed by atoms with Crippen molar-refractivity contribution in [2.24, 2.45) is 0 Å². The summed E-state index contributed by atoms with van der Waals surface area (Å²) in [5, 5.41) is 8.73. The molecule has 0 spiro atoms. The van der Waals surface area contributed by atoms with Gasteiger partial charge in [-0.15, -0.1) is 0 Å². The number of nitrogen functional groups attached to an aromatic ring is 1. The molecule has 1 aromatic heterocycles. The molecule has 0 atom stereocenters. The van der Waals surface area contributed by atoms with Gasteiger partial charge in [0, 0.05) is 17.4 Å². The number of aromatic nitrogens is 1. The van der Waals surface area contributed by atoms with Crippen LogP contribution in [0.1, 0.15) is 27.2 Å². The molecule has 0 radical (unpaired) electrons. The Balaban J connectivity index is 2.10. The minimum Gasteiger partial charge on any atom is -0.457 e. The third kappa shape index (κ3) is 3.34. The van der Waals surface area contributed by atoms with Gasteiger partial charge in [-0.3, -0.25) is 0 Å². The quantitative estimate of drug-likeness (QED) is 0.690. The number of anilines is 1. The first-order chi connectivity index (χ1) is 10.0. The molecule has 1 aromatic carbocycles. The highest BCUT2D eigenvalue weighted by atomic mass is 19.1. The minimum atomic E-state index is -0.684. The van der Waals surface area contributed by atoms with Crippen molar-refractivity contribution < 1.29 is 13.9 Å². The van der Waals surface area contributed by atoms with Gasteiger partial charge in [-0.05, 0) is 36.8 Å². The molecule has 0 saturated carbocycles. The highest BCUT2D eigenvalue weighted by Crippen LogP contribution is 2.18. The fraction of sp³-hybridized carbons (Fsp3) is 0.133. The van der Waals surface area contributed by atoms with Crippen molar-refractivity contribution in [1.29, 1.82) is 5.26 Å². The van der Waals surface area contributed by atoms with Crippen molar-refractivity contribution in [3.8, 4) is 6.07 Å². The van der Waals surface area contributed by atoms with Crippen LogP contribution in [0.2, 0.25) is 0 Å². The van der Waals surface area contributed by atoms with Gasteiger partial charge in [0.2, 0.25) is 0 Å². The number of esters is 1. The molecule has 2 N–H and O–H groups in total. The maximum Gasteiger partial charge on any atom is 0.338 e. The lowest BCUT2D eigenvalue weighted by atomic mass is 10.1. The molecule has 106 valence electrons. The predicted molar refractivity (Wildman–Crippen MR) is 73.6 cm³/mol. The standard InChI is InChI=1S/C15H12FN3O2/c1-9-13(16)5-11(6-14(9)18)15(20)21-8-10-2-3-19-12(4-10)7-17/h2-6H,8,18H2,1H3. The van der Waals surface area contributed by atoms with E-state index in [0.717, 1.165) is 6.07 Å². The molecule has 0 unspecified atom stereocenters. The summed E-state index contributed by atoms with van der Waals surface area (Å²) in [4.78, 5) is 15.7. The fourth-order valence-electron chi connectivity index (χ4n) is 1.68. The first kappa shape index (κ1) is 14.5. The average Bonchev–Trinajstić information content (AvgIpc) is 2.50. The van der Waals surface area contributed by atoms with Crippen molar-refractivity contribution in [1.82, 2.24) is 4.98 Å². The lowest BCUT2D eigenvalue weighted by Crippen LogP contribution is -2.08. The number of halogens is 1. The van der Waals surface area contributed by atoms with Gasteiger partial charge in [-0.2, -0.15) is 5.26 Å². The second-order valence-electron chi connectivity index (χ2n) is 4.41. The van der Waals surface area contributed by atoms with E-state index in [0.29, 0.717) is 11.1 Å². The Bertz CT molecular complexity index is 715. The van der Waals surface area contributed by atoms with Gasteiger partial charge in [0.05, 0.1) is 5.56 Å². The molecule has 0 aliphatic heterocycles. The van der Waals surface area contributed by atoms with Gasteiger partial charge in [-0.25, -0.2) is 14.2 Å². The topological polar surface area (TPSA) is 89.0 Å². The van der Waals surface area contributed by atoms with Gasteiger partial charge < -0.3 is 10.5 Å². The van der Waals surface area contributed by atoms with Crippen LogP contribution in [0.4, 0.5) is 10.1 Å². The highest BCUT2D eigenvalue weighted by molar-refractivity contribution is 5.90. The monoisotopic (exact) mass is 285 g/mol. The highest BCUT2D eigenvalue weighted by Gasteiger charge is 2.12. The van der Waals surface area contributed by atoms with Crippen LogP contribution in [0.3, 0.4) is 0 Å². The minimum absolute atomic E-state index is 0.0363. The number of nitriles is 1. The van der Waals surface area contributed by atoms with Gasteiger partial charge in [0.1, 0.15) is 24.2 Å². The number of nitrogens with two attached hydrogens (primary N) is 1. The van der Waals surface area contributed by atoms with Crippen LogP contribution in [-0.2, 0) is 11.3 Å². The Morgan fingerprint density at radius 3 is 2.90 bits per heavy atom. The Morgan fingerprint density at radius 2 is 2.24 bits per heavy atom. The van der Waals surface area contributed by atoms with Crippen LogP contribution < -0.4 is 5.73 Å². The van der Waals surface area contributed by atoms with Gasteiger partial charge >= 0.3 is 5.97 Å². The van der Waals surface area contributed by atoms with E-state index in [1.54, 1.807) is 6.07 Å². The summed E-state index contributed by atoms with van der Waals surface area (Å²) in [6.07, 6.45) is 1.45. The summed E-state index contributed by atoms with van der Waals surface area (Å²) in [6, 6.07) is 7.48. The lowest BCUT2D eigenvalue weighted by Gasteiger charge is -2.08. The normalized spacial score (nSPS) is 9.95. The largest absolute Gasteiger partial charge is 0.457 e. The molecule has 2 rings (SSSR count). The molecule has 6 heteroatoms. The van der Waals surface area contributed by atoms with Crippen LogP contribution in [0.25, 0.3) is 0 Å². The summed E-state index contributed by atoms with van der Waals surface area (Å²) in [6.45, 7) is 1.49. The molecular weight excluding hydrogens is 273 g/mol. The van der Waals surface area contributed by atoms with Gasteiger partial charge in [-0.1, -0.05) is 0 Å². The number of hydrogen-bond donors (Lipinski definition) is 1. The van der Waals surface area contributed by atoms with E-state index in [1.807, 2.05) is 6.07 Å². The number of benzene rings is 1. The zero-order valence-corrected chi connectivity index (χ0v) is 11.3. The number of nitrogens with zero attached hydrogens (tertiary/aromatic N) is 2. The fourth-order valence-corrected chi connectivity index (χ4v) is 1.68. The molecule has 0 aliphatic rings. The Morgan fingerprint density at radius 1 is 1.48 bits per heavy atom. The number of hydrogen-bond acceptors (Lipinski definition) is 5. The van der Waals surface area contributed by atoms with E-state index < -0.39 is 11.8 Å². The van der Waals surface area contributed by atoms with E-state index >= 15 is 0 Å². The van der Waals surface area contributed by atoms with E-state index in [4.69, 9.17) is 15.7 Å². The molecule has 0 amide bonds. The maximum absolute atomic E-state index is 13.5. The lowest BCUT2D eigenvalue weighted by molar-refractivity contribution is 0.0472. The number of carbonyl (C=O) groups excluding carboxylic acids is 1. The van der Waals surface area contributed by atoms with Crippen molar-refractivity contribution in [2.45, 2.75) is 13.5 Å². The van der Waals surface area contributed by atoms with Crippen molar-refractivity contribution in [2.75, 3.05) is 5.73 Å². The third-order valence-electron chi connectivity index (χ3n) is 2.93. The van der Waals surface area contributed by atoms with Crippen LogP contribution in [0, 0.1) is 24.1 Å². The molecule has 0 bridgehead atoms. The number of carbonyl (C=O) groups is 1. The maximum atomic E-state index is 13.5. The second-order valence-corrected chi connectivity index (χ2v) is 4.41. The summed E-state index contributed by atoms with van der Waals surface area (Å²) in [5.41, 5.74) is 6.99. The van der Waals surface area contributed by atoms with Crippen molar-refractivity contribution in [3.05, 3.63) is 58.7 Å². The van der Waals surface area contributed by atoms with Crippen molar-refractivity contribution >= 4 is 11.7 Å². The second kappa shape index (κ2) is 6.01. The smallest absolute Gasteiger partial charge is 0.338 e. The van der Waals surface area contributed by atoms with E-state index in [-0.39, 0.29) is 23.6 Å². The zero-order chi connectivity index (χ0) is 15.4. The van der Waals surface area contributed by atoms with Gasteiger partial charge in [0.15, 0.2) is 0 Å². The Kier molecular flexibility index (Phi) is 4.14. The Hall–Kier alpha value is -2.94. The molecule has 0 aliphatic carbocycles. The average molecular weight is 285 g/mol. The molecule has 21 heavy (non-hydrogen) atoms. The molecule has 5 nitrogen and oxygen atoms in total. The number of rotatable bonds is 3. The van der Waals surface area contributed by atoms with Crippen LogP contribution in [0.15, 0.2) is 30.5 Å². The molecular formula is C15H12FN3O2. The van der Waals surface area contributed by atoms with Crippen LogP contribution >= 0.6 is 0 Å². The summed E-state index contributed by atoms with van der Waals surface area (Å²) < 4.78 is 18.6. The molecule has 2 aromatic rings. The predicted octanol–water partition coefficient (Wildman–Crippen LogP) is 2.34. The SMILES string of the molecule is Cc1c(N)cc(C(=O)OCc2ccnc(C#N)c2)cc1F. The van der Waals surface area contributed by atoms with Gasteiger partial charge in [0.25, 0.3) is 0 Å². The number of ether oxygens (including phenoxy) is 1.